The van der Waals surface area contributed by atoms with E-state index in [1.54, 1.807) is 31.2 Å². The van der Waals surface area contributed by atoms with Gasteiger partial charge in [0.2, 0.25) is 5.13 Å². The lowest BCUT2D eigenvalue weighted by Crippen LogP contribution is -2.13. The molecule has 0 saturated carbocycles. The molecule has 4 aromatic rings. The molecule has 4 rings (SSSR count). The minimum absolute atomic E-state index is 0.00907. The third kappa shape index (κ3) is 3.85. The van der Waals surface area contributed by atoms with Crippen molar-refractivity contribution in [1.82, 2.24) is 14.8 Å². The number of nitrogens with zero attached hydrogens (tertiary/aromatic N) is 4. The van der Waals surface area contributed by atoms with Gasteiger partial charge in [-0.15, -0.1) is 21.6 Å². The van der Waals surface area contributed by atoms with Crippen molar-refractivity contribution in [3.8, 4) is 22.1 Å². The SMILES string of the molecule is Cc1ccc(N=Nc2c(C)[nH]n(-c3nc(-c4ccc(Cl)cc4)cs3)c2=O)c(O)c1. The second-order valence-corrected chi connectivity index (χ2v) is 7.71. The van der Waals surface area contributed by atoms with E-state index < -0.39 is 0 Å². The predicted molar refractivity (Wildman–Crippen MR) is 114 cm³/mol. The third-order valence-electron chi connectivity index (χ3n) is 4.25. The van der Waals surface area contributed by atoms with Crippen molar-refractivity contribution in [2.45, 2.75) is 13.8 Å². The lowest BCUT2D eigenvalue weighted by Gasteiger charge is -1.98. The van der Waals surface area contributed by atoms with Crippen molar-refractivity contribution in [1.29, 1.82) is 0 Å². The van der Waals surface area contributed by atoms with Crippen molar-refractivity contribution in [3.05, 3.63) is 74.5 Å². The van der Waals surface area contributed by atoms with Gasteiger partial charge >= 0.3 is 5.56 Å². The van der Waals surface area contributed by atoms with Gasteiger partial charge < -0.3 is 5.11 Å². The lowest BCUT2D eigenvalue weighted by molar-refractivity contribution is 0.476. The first-order chi connectivity index (χ1) is 13.9. The molecule has 29 heavy (non-hydrogen) atoms. The van der Waals surface area contributed by atoms with Crippen LogP contribution in [0.3, 0.4) is 0 Å². The summed E-state index contributed by atoms with van der Waals surface area (Å²) in [6, 6.07) is 12.4. The number of halogens is 1. The number of azo groups is 1. The minimum atomic E-state index is -0.366. The Morgan fingerprint density at radius 1 is 1.14 bits per heavy atom. The molecule has 0 aliphatic rings. The highest BCUT2D eigenvalue weighted by Crippen LogP contribution is 2.29. The summed E-state index contributed by atoms with van der Waals surface area (Å²) in [6.07, 6.45) is 0. The molecule has 2 aromatic heterocycles. The van der Waals surface area contributed by atoms with Gasteiger partial charge in [0.05, 0.1) is 11.4 Å². The number of phenols is 1. The second-order valence-electron chi connectivity index (χ2n) is 6.44. The van der Waals surface area contributed by atoms with Gasteiger partial charge in [0, 0.05) is 16.0 Å². The maximum Gasteiger partial charge on any atom is 0.301 e. The maximum atomic E-state index is 12.8. The van der Waals surface area contributed by atoms with E-state index >= 15 is 0 Å². The molecule has 0 fully saturated rings. The zero-order chi connectivity index (χ0) is 20.5. The zero-order valence-electron chi connectivity index (χ0n) is 15.5. The minimum Gasteiger partial charge on any atom is -0.506 e. The van der Waals surface area contributed by atoms with Crippen LogP contribution >= 0.6 is 22.9 Å². The Labute approximate surface area is 175 Å². The van der Waals surface area contributed by atoms with Crippen molar-refractivity contribution in [2.24, 2.45) is 10.2 Å². The average molecular weight is 426 g/mol. The largest absolute Gasteiger partial charge is 0.506 e. The number of hydrogen-bond donors (Lipinski definition) is 2. The number of aryl methyl sites for hydroxylation is 2. The fourth-order valence-electron chi connectivity index (χ4n) is 2.73. The highest BCUT2D eigenvalue weighted by atomic mass is 35.5. The van der Waals surface area contributed by atoms with Crippen molar-refractivity contribution in [2.75, 3.05) is 0 Å². The number of hydrogen-bond acceptors (Lipinski definition) is 6. The molecule has 0 atom stereocenters. The van der Waals surface area contributed by atoms with E-state index in [1.807, 2.05) is 30.5 Å². The van der Waals surface area contributed by atoms with E-state index in [0.29, 0.717) is 21.5 Å². The summed E-state index contributed by atoms with van der Waals surface area (Å²) in [5.41, 5.74) is 3.19. The highest BCUT2D eigenvalue weighted by molar-refractivity contribution is 7.12. The number of aromatic nitrogens is 3. The molecule has 0 unspecified atom stereocenters. The van der Waals surface area contributed by atoms with Crippen LogP contribution in [-0.2, 0) is 0 Å². The first-order valence-corrected chi connectivity index (χ1v) is 9.93. The number of nitrogens with one attached hydrogen (secondary N) is 1. The van der Waals surface area contributed by atoms with Gasteiger partial charge in [-0.2, -0.15) is 4.68 Å². The number of rotatable bonds is 4. The van der Waals surface area contributed by atoms with Gasteiger partial charge in [-0.25, -0.2) is 4.98 Å². The van der Waals surface area contributed by atoms with Crippen LogP contribution in [0.4, 0.5) is 11.4 Å². The molecule has 0 radical (unpaired) electrons. The van der Waals surface area contributed by atoms with Crippen LogP contribution < -0.4 is 5.56 Å². The zero-order valence-corrected chi connectivity index (χ0v) is 17.1. The number of benzene rings is 2. The molecular formula is C20H16ClN5O2S. The molecule has 0 aliphatic carbocycles. The summed E-state index contributed by atoms with van der Waals surface area (Å²) in [5.74, 6) is 0.00907. The normalized spacial score (nSPS) is 11.4. The highest BCUT2D eigenvalue weighted by Gasteiger charge is 2.15. The Kier molecular flexibility index (Phi) is 5.04. The molecule has 0 bridgehead atoms. The molecule has 0 spiro atoms. The van der Waals surface area contributed by atoms with Crippen molar-refractivity contribution >= 4 is 34.3 Å². The Hall–Kier alpha value is -3.23. The van der Waals surface area contributed by atoms with Crippen LogP contribution in [0.1, 0.15) is 11.3 Å². The predicted octanol–water partition coefficient (Wildman–Crippen LogP) is 5.68. The van der Waals surface area contributed by atoms with Crippen LogP contribution in [0.5, 0.6) is 5.75 Å². The first kappa shape index (κ1) is 19.1. The van der Waals surface area contributed by atoms with Gasteiger partial charge in [0.1, 0.15) is 11.4 Å². The number of phenolic OH excluding ortho intramolecular Hbond substituents is 1. The fourth-order valence-corrected chi connectivity index (χ4v) is 3.65. The van der Waals surface area contributed by atoms with Gasteiger partial charge in [-0.05, 0) is 43.7 Å². The molecule has 0 amide bonds. The van der Waals surface area contributed by atoms with Crippen LogP contribution in [0, 0.1) is 13.8 Å². The smallest absolute Gasteiger partial charge is 0.301 e. The Balaban J connectivity index is 1.66. The Morgan fingerprint density at radius 2 is 1.90 bits per heavy atom. The molecular weight excluding hydrogens is 410 g/mol. The van der Waals surface area contributed by atoms with Crippen molar-refractivity contribution in [3.63, 3.8) is 0 Å². The molecule has 9 heteroatoms. The van der Waals surface area contributed by atoms with Gasteiger partial charge in [-0.3, -0.25) is 9.89 Å². The standard InChI is InChI=1S/C20H16ClN5O2S/c1-11-3-8-15(17(27)9-11)23-24-18-12(2)25-26(19(18)28)20-22-16(10-29-20)13-4-6-14(21)7-5-13/h3-10,25,27H,1-2H3. The fraction of sp³-hybridized carbons (Fsp3) is 0.100. The van der Waals surface area contributed by atoms with Gasteiger partial charge in [0.15, 0.2) is 5.69 Å². The molecule has 7 nitrogen and oxygen atoms in total. The van der Waals surface area contributed by atoms with E-state index in [1.165, 1.54) is 16.0 Å². The molecule has 2 heterocycles. The number of aromatic amines is 1. The van der Waals surface area contributed by atoms with E-state index in [9.17, 15) is 9.90 Å². The molecule has 146 valence electrons. The third-order valence-corrected chi connectivity index (χ3v) is 5.33. The van der Waals surface area contributed by atoms with E-state index in [4.69, 9.17) is 11.6 Å². The number of thiazole rings is 1. The van der Waals surface area contributed by atoms with Crippen LogP contribution in [0.15, 0.2) is 62.9 Å². The summed E-state index contributed by atoms with van der Waals surface area (Å²) >= 11 is 7.26. The number of aromatic hydroxyl groups is 1. The van der Waals surface area contributed by atoms with Crippen LogP contribution in [0.2, 0.25) is 5.02 Å². The topological polar surface area (TPSA) is 95.6 Å². The lowest BCUT2D eigenvalue weighted by atomic mass is 10.2. The van der Waals surface area contributed by atoms with E-state index in [0.717, 1.165) is 16.8 Å². The van der Waals surface area contributed by atoms with Gasteiger partial charge in [-0.1, -0.05) is 29.8 Å². The monoisotopic (exact) mass is 425 g/mol. The van der Waals surface area contributed by atoms with E-state index in [-0.39, 0.29) is 17.0 Å². The summed E-state index contributed by atoms with van der Waals surface area (Å²) < 4.78 is 1.34. The first-order valence-electron chi connectivity index (χ1n) is 8.67. The molecule has 0 saturated heterocycles. The summed E-state index contributed by atoms with van der Waals surface area (Å²) in [5, 5.41) is 24.0. The summed E-state index contributed by atoms with van der Waals surface area (Å²) in [6.45, 7) is 3.59. The second kappa shape index (κ2) is 7.65. The van der Waals surface area contributed by atoms with Gasteiger partial charge in [0.25, 0.3) is 0 Å². The Morgan fingerprint density at radius 3 is 2.62 bits per heavy atom. The average Bonchev–Trinajstić information content (AvgIpc) is 3.27. The van der Waals surface area contributed by atoms with Crippen LogP contribution in [-0.4, -0.2) is 19.9 Å². The maximum absolute atomic E-state index is 12.8. The number of H-pyrrole nitrogens is 1. The molecule has 2 aromatic carbocycles. The van der Waals surface area contributed by atoms with E-state index in [2.05, 4.69) is 20.3 Å². The molecule has 2 N–H and O–H groups in total. The van der Waals surface area contributed by atoms with Crippen LogP contribution in [0.25, 0.3) is 16.4 Å². The summed E-state index contributed by atoms with van der Waals surface area (Å²) in [4.78, 5) is 17.3. The molecule has 0 aliphatic heterocycles. The summed E-state index contributed by atoms with van der Waals surface area (Å²) in [7, 11) is 0. The quantitative estimate of drug-likeness (QED) is 0.411. The van der Waals surface area contributed by atoms with Crippen molar-refractivity contribution < 1.29 is 5.11 Å². The Bertz CT molecular complexity index is 1270.